The van der Waals surface area contributed by atoms with Crippen molar-refractivity contribution in [1.82, 2.24) is 4.90 Å². The van der Waals surface area contributed by atoms with Crippen molar-refractivity contribution >= 4 is 11.8 Å². The lowest BCUT2D eigenvalue weighted by Gasteiger charge is -2.36. The predicted octanol–water partition coefficient (Wildman–Crippen LogP) is 2.18. The van der Waals surface area contributed by atoms with E-state index in [2.05, 4.69) is 0 Å². The highest BCUT2D eigenvalue weighted by atomic mass is 16.5. The molecular weight excluding hydrogens is 306 g/mol. The Morgan fingerprint density at radius 1 is 1.08 bits per heavy atom. The normalized spacial score (nSPS) is 37.2. The fourth-order valence-corrected chi connectivity index (χ4v) is 4.76. The molecule has 1 aromatic rings. The van der Waals surface area contributed by atoms with E-state index in [1.807, 2.05) is 38.1 Å². The Morgan fingerprint density at radius 3 is 2.12 bits per heavy atom. The van der Waals surface area contributed by atoms with E-state index < -0.39 is 10.8 Å². The molecule has 3 fully saturated rings. The van der Waals surface area contributed by atoms with Crippen LogP contribution in [0.4, 0.5) is 0 Å². The van der Waals surface area contributed by atoms with E-state index in [4.69, 9.17) is 9.47 Å². The van der Waals surface area contributed by atoms with E-state index >= 15 is 0 Å². The van der Waals surface area contributed by atoms with Crippen LogP contribution in [-0.2, 0) is 20.7 Å². The van der Waals surface area contributed by atoms with Crippen LogP contribution in [-0.4, -0.2) is 42.6 Å². The molecule has 0 aliphatic carbocycles. The van der Waals surface area contributed by atoms with Crippen molar-refractivity contribution in [3.8, 4) is 5.75 Å². The number of nitrogens with zero attached hydrogens (tertiary/aromatic N) is 1. The average molecular weight is 329 g/mol. The van der Waals surface area contributed by atoms with E-state index in [0.717, 1.165) is 24.2 Å². The summed E-state index contributed by atoms with van der Waals surface area (Å²) >= 11 is 0. The maximum absolute atomic E-state index is 13.0. The molecule has 3 aliphatic rings. The fourth-order valence-electron chi connectivity index (χ4n) is 4.76. The van der Waals surface area contributed by atoms with Crippen LogP contribution in [0, 0.1) is 10.8 Å². The van der Waals surface area contributed by atoms with E-state index in [9.17, 15) is 9.59 Å². The lowest BCUT2D eigenvalue weighted by Crippen LogP contribution is -2.48. The predicted molar refractivity (Wildman–Crippen MR) is 87.5 cm³/mol. The highest BCUT2D eigenvalue weighted by molar-refractivity contribution is 6.10. The third-order valence-electron chi connectivity index (χ3n) is 6.55. The molecule has 4 rings (SSSR count). The summed E-state index contributed by atoms with van der Waals surface area (Å²) in [7, 11) is 1.63. The van der Waals surface area contributed by atoms with Gasteiger partial charge in [-0.3, -0.25) is 14.5 Å². The maximum Gasteiger partial charge on any atom is 0.238 e. The molecule has 0 radical (unpaired) electrons. The van der Waals surface area contributed by atoms with Crippen molar-refractivity contribution in [2.45, 2.75) is 45.3 Å². The van der Waals surface area contributed by atoms with Gasteiger partial charge in [-0.05, 0) is 50.8 Å². The van der Waals surface area contributed by atoms with Crippen molar-refractivity contribution in [3.63, 3.8) is 0 Å². The van der Waals surface area contributed by atoms with Crippen LogP contribution >= 0.6 is 0 Å². The van der Waals surface area contributed by atoms with Gasteiger partial charge in [-0.1, -0.05) is 12.1 Å². The van der Waals surface area contributed by atoms with Crippen LogP contribution in [0.5, 0.6) is 5.75 Å². The first-order chi connectivity index (χ1) is 11.4. The van der Waals surface area contributed by atoms with Gasteiger partial charge in [0.2, 0.25) is 11.8 Å². The Balaban J connectivity index is 1.54. The third kappa shape index (κ3) is 1.73. The van der Waals surface area contributed by atoms with Gasteiger partial charge >= 0.3 is 0 Å². The molecule has 4 atom stereocenters. The molecule has 3 saturated heterocycles. The third-order valence-corrected chi connectivity index (χ3v) is 6.55. The summed E-state index contributed by atoms with van der Waals surface area (Å²) in [5, 5.41) is 0. The average Bonchev–Trinajstić information content (AvgIpc) is 3.21. The number of ether oxygens (including phenoxy) is 2. The summed E-state index contributed by atoms with van der Waals surface area (Å²) in [4.78, 5) is 27.6. The summed E-state index contributed by atoms with van der Waals surface area (Å²) in [5.74, 6) is 0.682. The van der Waals surface area contributed by atoms with Crippen LogP contribution < -0.4 is 4.74 Å². The first kappa shape index (κ1) is 15.6. The lowest BCUT2D eigenvalue weighted by atomic mass is 9.59. The number of likely N-dealkylation sites (tertiary alicyclic amines) is 1. The minimum absolute atomic E-state index is 0.0595. The number of hydrogen-bond acceptors (Lipinski definition) is 4. The van der Waals surface area contributed by atoms with E-state index in [1.165, 1.54) is 4.90 Å². The molecule has 0 spiro atoms. The van der Waals surface area contributed by atoms with Crippen molar-refractivity contribution in [2.24, 2.45) is 10.8 Å². The summed E-state index contributed by atoms with van der Waals surface area (Å²) < 4.78 is 11.1. The molecule has 2 bridgehead atoms. The molecule has 0 N–H and O–H groups in total. The van der Waals surface area contributed by atoms with Gasteiger partial charge in [-0.25, -0.2) is 0 Å². The molecule has 3 heterocycles. The standard InChI is InChI=1S/C19H23NO4/c1-18-14-8-9-15(24-14)19(18,2)17(22)20(16(18)21)11-10-12-4-6-13(23-3)7-5-12/h4-7,14-15H,8-11H2,1-3H3/t14-,15+,18+,19-. The first-order valence-electron chi connectivity index (χ1n) is 8.57. The quantitative estimate of drug-likeness (QED) is 0.795. The number of fused-ring (bicyclic) bond motifs is 5. The zero-order valence-electron chi connectivity index (χ0n) is 14.4. The second-order valence-corrected chi connectivity index (χ2v) is 7.46. The van der Waals surface area contributed by atoms with Gasteiger partial charge in [0, 0.05) is 6.54 Å². The Morgan fingerprint density at radius 2 is 1.62 bits per heavy atom. The van der Waals surface area contributed by atoms with Gasteiger partial charge in [0.05, 0.1) is 30.1 Å². The number of rotatable bonds is 4. The number of benzene rings is 1. The molecule has 2 amide bonds. The number of methoxy groups -OCH3 is 1. The van der Waals surface area contributed by atoms with Gasteiger partial charge in [-0.15, -0.1) is 0 Å². The molecular formula is C19H23NO4. The van der Waals surface area contributed by atoms with Crippen LogP contribution in [0.2, 0.25) is 0 Å². The Bertz CT molecular complexity index is 666. The summed E-state index contributed by atoms with van der Waals surface area (Å²) in [6.07, 6.45) is 2.18. The Hall–Kier alpha value is -1.88. The summed E-state index contributed by atoms with van der Waals surface area (Å²) in [6, 6.07) is 7.74. The smallest absolute Gasteiger partial charge is 0.238 e. The first-order valence-corrected chi connectivity index (χ1v) is 8.57. The molecule has 0 aromatic heterocycles. The Kier molecular flexibility index (Phi) is 3.29. The van der Waals surface area contributed by atoms with Gasteiger partial charge in [0.1, 0.15) is 5.75 Å². The maximum atomic E-state index is 13.0. The second kappa shape index (κ2) is 5.06. The highest BCUT2D eigenvalue weighted by Crippen LogP contribution is 2.64. The zero-order valence-corrected chi connectivity index (χ0v) is 14.4. The van der Waals surface area contributed by atoms with Crippen LogP contribution in [0.15, 0.2) is 24.3 Å². The Labute approximate surface area is 141 Å². The minimum atomic E-state index is -0.701. The van der Waals surface area contributed by atoms with Gasteiger partial charge < -0.3 is 9.47 Å². The number of carbonyl (C=O) groups is 2. The van der Waals surface area contributed by atoms with E-state index in [0.29, 0.717) is 13.0 Å². The highest BCUT2D eigenvalue weighted by Gasteiger charge is 2.76. The van der Waals surface area contributed by atoms with Crippen LogP contribution in [0.3, 0.4) is 0 Å². The molecule has 5 nitrogen and oxygen atoms in total. The number of carbonyl (C=O) groups excluding carboxylic acids is 2. The number of imide groups is 1. The number of hydrogen-bond donors (Lipinski definition) is 0. The largest absolute Gasteiger partial charge is 0.497 e. The number of amides is 2. The van der Waals surface area contributed by atoms with Crippen molar-refractivity contribution in [3.05, 3.63) is 29.8 Å². The minimum Gasteiger partial charge on any atom is -0.497 e. The fraction of sp³-hybridized carbons (Fsp3) is 0.579. The van der Waals surface area contributed by atoms with Crippen LogP contribution in [0.25, 0.3) is 0 Å². The van der Waals surface area contributed by atoms with Crippen molar-refractivity contribution in [1.29, 1.82) is 0 Å². The molecule has 1 aromatic carbocycles. The molecule has 128 valence electrons. The molecule has 5 heteroatoms. The van der Waals surface area contributed by atoms with Crippen molar-refractivity contribution < 1.29 is 19.1 Å². The van der Waals surface area contributed by atoms with Crippen LogP contribution in [0.1, 0.15) is 32.3 Å². The van der Waals surface area contributed by atoms with Crippen molar-refractivity contribution in [2.75, 3.05) is 13.7 Å². The van der Waals surface area contributed by atoms with Gasteiger partial charge in [-0.2, -0.15) is 0 Å². The lowest BCUT2D eigenvalue weighted by molar-refractivity contribution is -0.145. The van der Waals surface area contributed by atoms with E-state index in [-0.39, 0.29) is 24.0 Å². The van der Waals surface area contributed by atoms with E-state index in [1.54, 1.807) is 7.11 Å². The SMILES string of the molecule is COc1ccc(CCN2C(=O)[C@@]3(C)[C@@H]4CC[C@@H](O4)[C@@]3(C)C2=O)cc1. The monoisotopic (exact) mass is 329 g/mol. The summed E-state index contributed by atoms with van der Waals surface area (Å²) in [5.41, 5.74) is -0.317. The zero-order chi connectivity index (χ0) is 17.1. The molecule has 24 heavy (non-hydrogen) atoms. The second-order valence-electron chi connectivity index (χ2n) is 7.46. The summed E-state index contributed by atoms with van der Waals surface area (Å²) in [6.45, 7) is 4.27. The topological polar surface area (TPSA) is 55.8 Å². The van der Waals surface area contributed by atoms with Gasteiger partial charge in [0.15, 0.2) is 0 Å². The molecule has 0 saturated carbocycles. The molecule has 0 unspecified atom stereocenters. The van der Waals surface area contributed by atoms with Gasteiger partial charge in [0.25, 0.3) is 0 Å². The molecule has 3 aliphatic heterocycles.